The van der Waals surface area contributed by atoms with Gasteiger partial charge in [0.15, 0.2) is 28.1 Å². The zero-order chi connectivity index (χ0) is 15.9. The number of alkyl halides is 3. The van der Waals surface area contributed by atoms with Gasteiger partial charge in [-0.05, 0) is 36.5 Å². The average molecular weight is 326 g/mol. The molecule has 114 valence electrons. The molecule has 0 saturated heterocycles. The number of halogens is 3. The summed E-state index contributed by atoms with van der Waals surface area (Å²) in [6.45, 7) is 0. The molecule has 3 N–H and O–H groups in total. The Hall–Kier alpha value is -2.48. The molecule has 22 heavy (non-hydrogen) atoms. The first-order valence-electron chi connectivity index (χ1n) is 6.11. The minimum atomic E-state index is -4.54. The van der Waals surface area contributed by atoms with Gasteiger partial charge in [0.25, 0.3) is 0 Å². The molecule has 2 aromatic carbocycles. The van der Waals surface area contributed by atoms with Gasteiger partial charge in [0.2, 0.25) is 0 Å². The Bertz CT molecular complexity index is 762. The summed E-state index contributed by atoms with van der Waals surface area (Å²) in [6.07, 6.45) is -4.54. The molecule has 0 radical (unpaired) electrons. The fourth-order valence-corrected chi connectivity index (χ4v) is 2.13. The van der Waals surface area contributed by atoms with Crippen LogP contribution < -0.4 is 20.5 Å². The molecular formula is C14H9F3N2O2S. The smallest absolute Gasteiger partial charge is 0.416 e. The number of ether oxygens (including phenoxy) is 2. The minimum Gasteiger partial charge on any atom is -0.449 e. The van der Waals surface area contributed by atoms with E-state index in [0.29, 0.717) is 11.5 Å². The van der Waals surface area contributed by atoms with E-state index in [2.05, 4.69) is 17.5 Å². The fourth-order valence-electron chi connectivity index (χ4n) is 2.02. The highest BCUT2D eigenvalue weighted by molar-refractivity contribution is 7.80. The normalized spacial score (nSPS) is 12.5. The molecule has 3 rings (SSSR count). The van der Waals surface area contributed by atoms with Gasteiger partial charge in [0.05, 0.1) is 11.3 Å². The van der Waals surface area contributed by atoms with Crippen LogP contribution in [-0.4, -0.2) is 5.11 Å². The molecule has 0 bridgehead atoms. The molecule has 4 nitrogen and oxygen atoms in total. The Morgan fingerprint density at radius 2 is 1.68 bits per heavy atom. The van der Waals surface area contributed by atoms with Crippen LogP contribution in [0.5, 0.6) is 23.0 Å². The summed E-state index contributed by atoms with van der Waals surface area (Å²) in [5.74, 6) is 0.753. The van der Waals surface area contributed by atoms with E-state index in [1.807, 2.05) is 0 Å². The molecule has 0 atom stereocenters. The predicted octanol–water partition coefficient (Wildman–Crippen LogP) is 4.26. The Morgan fingerprint density at radius 1 is 1.05 bits per heavy atom. The molecule has 0 saturated carbocycles. The third kappa shape index (κ3) is 2.64. The van der Waals surface area contributed by atoms with Gasteiger partial charge in [0.1, 0.15) is 0 Å². The second-order valence-electron chi connectivity index (χ2n) is 4.49. The lowest BCUT2D eigenvalue weighted by Crippen LogP contribution is -2.20. The lowest BCUT2D eigenvalue weighted by Gasteiger charge is -2.24. The molecular weight excluding hydrogens is 317 g/mol. The molecule has 1 heterocycles. The van der Waals surface area contributed by atoms with Crippen LogP contribution in [0.4, 0.5) is 18.9 Å². The van der Waals surface area contributed by atoms with Crippen LogP contribution >= 0.6 is 12.2 Å². The summed E-state index contributed by atoms with van der Waals surface area (Å²) in [7, 11) is 0. The van der Waals surface area contributed by atoms with Crippen molar-refractivity contribution in [2.24, 2.45) is 5.73 Å². The molecule has 0 fully saturated rings. The first kappa shape index (κ1) is 14.5. The van der Waals surface area contributed by atoms with E-state index in [1.54, 1.807) is 24.3 Å². The maximum Gasteiger partial charge on any atom is 0.416 e. The van der Waals surface area contributed by atoms with E-state index < -0.39 is 11.7 Å². The molecule has 8 heteroatoms. The third-order valence-corrected chi connectivity index (χ3v) is 3.02. The predicted molar refractivity (Wildman–Crippen MR) is 78.4 cm³/mol. The fraction of sp³-hybridized carbons (Fsp3) is 0.0714. The van der Waals surface area contributed by atoms with Gasteiger partial charge in [-0.1, -0.05) is 12.1 Å². The first-order valence-corrected chi connectivity index (χ1v) is 6.52. The van der Waals surface area contributed by atoms with Crippen LogP contribution in [0.1, 0.15) is 5.56 Å². The van der Waals surface area contributed by atoms with Crippen molar-refractivity contribution in [3.63, 3.8) is 0 Å². The zero-order valence-electron chi connectivity index (χ0n) is 10.9. The maximum atomic E-state index is 13.0. The molecule has 1 aliphatic rings. The van der Waals surface area contributed by atoms with Gasteiger partial charge in [0, 0.05) is 0 Å². The SMILES string of the molecule is NC(=S)Nc1cc(C(F)(F)F)cc2c1Oc1ccccc1O2. The molecule has 0 aliphatic carbocycles. The zero-order valence-corrected chi connectivity index (χ0v) is 11.7. The van der Waals surface area contributed by atoms with Crippen LogP contribution in [0.3, 0.4) is 0 Å². The first-order chi connectivity index (χ1) is 10.3. The lowest BCUT2D eigenvalue weighted by atomic mass is 10.1. The molecule has 0 spiro atoms. The third-order valence-electron chi connectivity index (χ3n) is 2.92. The van der Waals surface area contributed by atoms with Crippen molar-refractivity contribution in [1.29, 1.82) is 0 Å². The quantitative estimate of drug-likeness (QED) is 0.655. The summed E-state index contributed by atoms with van der Waals surface area (Å²) >= 11 is 4.69. The monoisotopic (exact) mass is 326 g/mol. The summed E-state index contributed by atoms with van der Waals surface area (Å²) in [5.41, 5.74) is 4.45. The Kier molecular flexibility index (Phi) is 3.32. The van der Waals surface area contributed by atoms with Crippen LogP contribution in [0, 0.1) is 0 Å². The molecule has 0 unspecified atom stereocenters. The number of rotatable bonds is 1. The number of thiocarbonyl (C=S) groups is 1. The van der Waals surface area contributed by atoms with E-state index in [1.165, 1.54) is 0 Å². The highest BCUT2D eigenvalue weighted by Crippen LogP contribution is 2.50. The van der Waals surface area contributed by atoms with Crippen molar-refractivity contribution in [3.05, 3.63) is 42.0 Å². The van der Waals surface area contributed by atoms with E-state index >= 15 is 0 Å². The van der Waals surface area contributed by atoms with E-state index in [9.17, 15) is 13.2 Å². The number of fused-ring (bicyclic) bond motifs is 2. The van der Waals surface area contributed by atoms with Crippen molar-refractivity contribution in [3.8, 4) is 23.0 Å². The maximum absolute atomic E-state index is 13.0. The second kappa shape index (κ2) is 5.06. The molecule has 0 aromatic heterocycles. The summed E-state index contributed by atoms with van der Waals surface area (Å²) in [6, 6.07) is 8.39. The number of nitrogens with one attached hydrogen (secondary N) is 1. The number of benzene rings is 2. The Morgan fingerprint density at radius 3 is 2.27 bits per heavy atom. The molecule has 0 amide bonds. The van der Waals surface area contributed by atoms with Crippen molar-refractivity contribution >= 4 is 23.0 Å². The van der Waals surface area contributed by atoms with Gasteiger partial charge >= 0.3 is 6.18 Å². The van der Waals surface area contributed by atoms with Crippen LogP contribution in [0.15, 0.2) is 36.4 Å². The number of hydrogen-bond acceptors (Lipinski definition) is 3. The number of hydrogen-bond donors (Lipinski definition) is 2. The minimum absolute atomic E-state index is 0.00757. The van der Waals surface area contributed by atoms with Crippen molar-refractivity contribution in [2.75, 3.05) is 5.32 Å². The highest BCUT2D eigenvalue weighted by Gasteiger charge is 2.34. The topological polar surface area (TPSA) is 56.5 Å². The van der Waals surface area contributed by atoms with Crippen molar-refractivity contribution < 1.29 is 22.6 Å². The molecule has 1 aliphatic heterocycles. The van der Waals surface area contributed by atoms with Gasteiger partial charge < -0.3 is 20.5 Å². The second-order valence-corrected chi connectivity index (χ2v) is 4.93. The number of para-hydroxylation sites is 2. The highest BCUT2D eigenvalue weighted by atomic mass is 32.1. The van der Waals surface area contributed by atoms with Crippen LogP contribution in [-0.2, 0) is 6.18 Å². The summed E-state index contributed by atoms with van der Waals surface area (Å²) in [5, 5.41) is 2.30. The number of anilines is 1. The van der Waals surface area contributed by atoms with Crippen LogP contribution in [0.2, 0.25) is 0 Å². The van der Waals surface area contributed by atoms with Crippen LogP contribution in [0.25, 0.3) is 0 Å². The van der Waals surface area contributed by atoms with Crippen molar-refractivity contribution in [2.45, 2.75) is 6.18 Å². The van der Waals surface area contributed by atoms with Gasteiger partial charge in [-0.25, -0.2) is 0 Å². The largest absolute Gasteiger partial charge is 0.449 e. The van der Waals surface area contributed by atoms with E-state index in [-0.39, 0.29) is 22.3 Å². The van der Waals surface area contributed by atoms with E-state index in [4.69, 9.17) is 15.2 Å². The van der Waals surface area contributed by atoms with Gasteiger partial charge in [-0.15, -0.1) is 0 Å². The van der Waals surface area contributed by atoms with Gasteiger partial charge in [-0.3, -0.25) is 0 Å². The molecule has 2 aromatic rings. The Labute approximate surface area is 128 Å². The number of nitrogens with two attached hydrogens (primary N) is 1. The standard InChI is InChI=1S/C14H9F3N2O2S/c15-14(16,17)7-5-8(19-13(18)22)12-11(6-7)20-9-3-1-2-4-10(9)21-12/h1-6H,(H3,18,19,22). The lowest BCUT2D eigenvalue weighted by molar-refractivity contribution is -0.137. The van der Waals surface area contributed by atoms with E-state index in [0.717, 1.165) is 12.1 Å². The summed E-state index contributed by atoms with van der Waals surface area (Å²) < 4.78 is 50.0. The Balaban J connectivity index is 2.13. The van der Waals surface area contributed by atoms with Gasteiger partial charge in [-0.2, -0.15) is 13.2 Å². The average Bonchev–Trinajstić information content (AvgIpc) is 2.43. The van der Waals surface area contributed by atoms with Crippen molar-refractivity contribution in [1.82, 2.24) is 0 Å². The summed E-state index contributed by atoms with van der Waals surface area (Å²) in [4.78, 5) is 0.